The quantitative estimate of drug-likeness (QED) is 0.329. The fourth-order valence-corrected chi connectivity index (χ4v) is 5.31. The van der Waals surface area contributed by atoms with Crippen molar-refractivity contribution < 1.29 is 27.5 Å². The summed E-state index contributed by atoms with van der Waals surface area (Å²) in [6.07, 6.45) is 2.61. The van der Waals surface area contributed by atoms with Gasteiger partial charge in [0.15, 0.2) is 0 Å². The molecule has 2 amide bonds. The van der Waals surface area contributed by atoms with Gasteiger partial charge in [0.1, 0.15) is 17.5 Å². The number of hydrogen-bond acceptors (Lipinski definition) is 6. The zero-order chi connectivity index (χ0) is 29.2. The maximum absolute atomic E-state index is 13.6. The van der Waals surface area contributed by atoms with E-state index in [-0.39, 0.29) is 48.8 Å². The molecule has 0 saturated heterocycles. The van der Waals surface area contributed by atoms with Crippen molar-refractivity contribution in [2.75, 3.05) is 31.3 Å². The second-order valence-electron chi connectivity index (χ2n) is 9.37. The molecule has 0 unspecified atom stereocenters. The molecule has 2 rings (SSSR count). The molecule has 39 heavy (non-hydrogen) atoms. The van der Waals surface area contributed by atoms with Gasteiger partial charge in [-0.05, 0) is 62.1 Å². The van der Waals surface area contributed by atoms with Gasteiger partial charge in [0, 0.05) is 25.6 Å². The molecule has 2 atom stereocenters. The van der Waals surface area contributed by atoms with Gasteiger partial charge in [0.2, 0.25) is 21.8 Å². The van der Waals surface area contributed by atoms with Gasteiger partial charge in [-0.1, -0.05) is 37.6 Å². The van der Waals surface area contributed by atoms with Crippen LogP contribution in [0, 0.1) is 0 Å². The van der Waals surface area contributed by atoms with E-state index in [0.29, 0.717) is 23.6 Å². The first-order chi connectivity index (χ1) is 18.4. The molecular formula is C28H40ClN3O6S. The summed E-state index contributed by atoms with van der Waals surface area (Å²) in [7, 11) is -0.588. The number of sulfonamides is 1. The molecule has 0 bridgehead atoms. The number of nitrogens with one attached hydrogen (secondary N) is 1. The maximum Gasteiger partial charge on any atom is 0.243 e. The first-order valence-corrected chi connectivity index (χ1v) is 15.2. The molecule has 1 N–H and O–H groups in total. The Morgan fingerprint density at radius 1 is 1.03 bits per heavy atom. The zero-order valence-corrected chi connectivity index (χ0v) is 25.1. The lowest BCUT2D eigenvalue weighted by molar-refractivity contribution is -0.141. The number of rotatable bonds is 15. The lowest BCUT2D eigenvalue weighted by atomic mass is 10.1. The summed E-state index contributed by atoms with van der Waals surface area (Å²) in [5.41, 5.74) is 1.23. The van der Waals surface area contributed by atoms with Crippen LogP contribution in [0.4, 0.5) is 5.69 Å². The normalized spacial score (nSPS) is 12.8. The number of halogens is 1. The smallest absolute Gasteiger partial charge is 0.243 e. The average Bonchev–Trinajstić information content (AvgIpc) is 2.90. The Balaban J connectivity index is 2.25. The average molecular weight is 582 g/mol. The van der Waals surface area contributed by atoms with Crippen LogP contribution in [0.2, 0.25) is 5.02 Å². The van der Waals surface area contributed by atoms with Crippen LogP contribution in [-0.4, -0.2) is 64.2 Å². The number of methoxy groups -OCH3 is 2. The van der Waals surface area contributed by atoms with Crippen LogP contribution in [0.1, 0.15) is 52.0 Å². The molecule has 0 radical (unpaired) electrons. The van der Waals surface area contributed by atoms with Gasteiger partial charge < -0.3 is 19.7 Å². The Bertz CT molecular complexity index is 1210. The molecule has 0 aliphatic heterocycles. The van der Waals surface area contributed by atoms with E-state index in [0.717, 1.165) is 18.2 Å². The molecular weight excluding hydrogens is 542 g/mol. The summed E-state index contributed by atoms with van der Waals surface area (Å²) in [6.45, 7) is 6.08. The number of anilines is 1. The summed E-state index contributed by atoms with van der Waals surface area (Å²) >= 11 is 6.22. The Morgan fingerprint density at radius 3 is 2.21 bits per heavy atom. The first kappa shape index (κ1) is 32.2. The highest BCUT2D eigenvalue weighted by Gasteiger charge is 2.29. The van der Waals surface area contributed by atoms with Gasteiger partial charge in [-0.25, -0.2) is 8.42 Å². The number of ether oxygens (including phenoxy) is 2. The van der Waals surface area contributed by atoms with Gasteiger partial charge in [-0.2, -0.15) is 0 Å². The summed E-state index contributed by atoms with van der Waals surface area (Å²) in [5, 5.41) is 3.27. The van der Waals surface area contributed by atoms with Crippen LogP contribution in [-0.2, 0) is 26.2 Å². The lowest BCUT2D eigenvalue weighted by Crippen LogP contribution is -2.50. The van der Waals surface area contributed by atoms with Crippen LogP contribution in [0.15, 0.2) is 42.5 Å². The highest BCUT2D eigenvalue weighted by molar-refractivity contribution is 7.92. The minimum Gasteiger partial charge on any atom is -0.497 e. The molecule has 0 aliphatic carbocycles. The van der Waals surface area contributed by atoms with Crippen LogP contribution in [0.5, 0.6) is 11.5 Å². The monoisotopic (exact) mass is 581 g/mol. The molecule has 2 aromatic rings. The molecule has 11 heteroatoms. The second kappa shape index (κ2) is 15.0. The third kappa shape index (κ3) is 9.32. The number of carbonyl (C=O) groups excluding carboxylic acids is 2. The van der Waals surface area contributed by atoms with Crippen LogP contribution >= 0.6 is 11.6 Å². The van der Waals surface area contributed by atoms with E-state index in [9.17, 15) is 18.0 Å². The second-order valence-corrected chi connectivity index (χ2v) is 11.7. The van der Waals surface area contributed by atoms with Crippen LogP contribution in [0.25, 0.3) is 0 Å². The number of amides is 2. The van der Waals surface area contributed by atoms with E-state index >= 15 is 0 Å². The summed E-state index contributed by atoms with van der Waals surface area (Å²) in [4.78, 5) is 28.3. The molecule has 0 saturated carbocycles. The van der Waals surface area contributed by atoms with Crippen molar-refractivity contribution in [1.29, 1.82) is 0 Å². The van der Waals surface area contributed by atoms with E-state index in [1.165, 1.54) is 17.5 Å². The molecule has 9 nitrogen and oxygen atoms in total. The molecule has 216 valence electrons. The minimum atomic E-state index is -3.65. The third-order valence-corrected chi connectivity index (χ3v) is 7.96. The number of benzene rings is 2. The summed E-state index contributed by atoms with van der Waals surface area (Å²) in [6, 6.07) is 11.4. The highest BCUT2D eigenvalue weighted by Crippen LogP contribution is 2.30. The van der Waals surface area contributed by atoms with Crippen molar-refractivity contribution in [2.24, 2.45) is 0 Å². The van der Waals surface area contributed by atoms with Crippen LogP contribution < -0.4 is 19.1 Å². The van der Waals surface area contributed by atoms with Crippen LogP contribution in [0.3, 0.4) is 0 Å². The van der Waals surface area contributed by atoms with Gasteiger partial charge >= 0.3 is 0 Å². The predicted molar refractivity (Wildman–Crippen MR) is 155 cm³/mol. The lowest BCUT2D eigenvalue weighted by Gasteiger charge is -2.32. The Morgan fingerprint density at radius 2 is 1.69 bits per heavy atom. The van der Waals surface area contributed by atoms with Crippen molar-refractivity contribution in [2.45, 2.75) is 65.1 Å². The van der Waals surface area contributed by atoms with Crippen molar-refractivity contribution in [3.63, 3.8) is 0 Å². The fraction of sp³-hybridized carbons (Fsp3) is 0.500. The zero-order valence-electron chi connectivity index (χ0n) is 23.6. The Labute approximate surface area is 237 Å². The predicted octanol–water partition coefficient (Wildman–Crippen LogP) is 4.63. The third-order valence-electron chi connectivity index (χ3n) is 6.47. The summed E-state index contributed by atoms with van der Waals surface area (Å²) in [5.74, 6) is 0.676. The van der Waals surface area contributed by atoms with E-state index < -0.39 is 16.1 Å². The van der Waals surface area contributed by atoms with Gasteiger partial charge in [-0.15, -0.1) is 0 Å². The SMILES string of the molecule is CC[C@H](C(=O)N[C@@H](C)CC)N(Cc1ccc(OC)cc1)C(=O)CCCN(c1ccc(OC)c(Cl)c1)S(C)(=O)=O. The highest BCUT2D eigenvalue weighted by atomic mass is 35.5. The van der Waals surface area contributed by atoms with E-state index in [2.05, 4.69) is 5.32 Å². The Hall–Kier alpha value is -2.98. The summed E-state index contributed by atoms with van der Waals surface area (Å²) < 4.78 is 36.7. The van der Waals surface area contributed by atoms with Crippen molar-refractivity contribution in [3.8, 4) is 11.5 Å². The van der Waals surface area contributed by atoms with Gasteiger partial charge in [0.05, 0.1) is 31.2 Å². The van der Waals surface area contributed by atoms with E-state index in [1.54, 1.807) is 24.1 Å². The standard InChI is InChI=1S/C28H40ClN3O6S/c1-7-20(3)30-28(34)25(8-2)31(19-21-11-14-23(37-4)15-12-21)27(33)10-9-17-32(39(6,35)36)22-13-16-26(38-5)24(29)18-22/h11-16,18,20,25H,7-10,17,19H2,1-6H3,(H,30,34)/t20-,25+/m0/s1. The molecule has 0 aromatic heterocycles. The number of hydrogen-bond donors (Lipinski definition) is 1. The molecule has 0 heterocycles. The largest absolute Gasteiger partial charge is 0.497 e. The molecule has 0 aliphatic rings. The van der Waals surface area contributed by atoms with E-state index in [4.69, 9.17) is 21.1 Å². The van der Waals surface area contributed by atoms with Crippen molar-refractivity contribution in [1.82, 2.24) is 10.2 Å². The molecule has 2 aromatic carbocycles. The minimum absolute atomic E-state index is 0.0240. The van der Waals surface area contributed by atoms with E-state index in [1.807, 2.05) is 45.0 Å². The number of nitrogens with zero attached hydrogens (tertiary/aromatic N) is 2. The topological polar surface area (TPSA) is 105 Å². The maximum atomic E-state index is 13.6. The van der Waals surface area contributed by atoms with Gasteiger partial charge in [-0.3, -0.25) is 13.9 Å². The molecule has 0 spiro atoms. The number of carbonyl (C=O) groups is 2. The van der Waals surface area contributed by atoms with Gasteiger partial charge in [0.25, 0.3) is 0 Å². The Kier molecular flexibility index (Phi) is 12.4. The molecule has 0 fully saturated rings. The first-order valence-electron chi connectivity index (χ1n) is 13.0. The fourth-order valence-electron chi connectivity index (χ4n) is 4.10. The van der Waals surface area contributed by atoms with Crippen molar-refractivity contribution in [3.05, 3.63) is 53.1 Å². The van der Waals surface area contributed by atoms with Crippen molar-refractivity contribution >= 4 is 39.1 Å².